The van der Waals surface area contributed by atoms with Crippen LogP contribution in [0.4, 0.5) is 0 Å². The molecule has 1 N–H and O–H groups in total. The maximum atomic E-state index is 6.07. The Kier molecular flexibility index (Phi) is 2.34. The Hall–Kier alpha value is -0.120. The first-order valence-electron chi connectivity index (χ1n) is 5.15. The minimum atomic E-state index is -0.181. The lowest BCUT2D eigenvalue weighted by molar-refractivity contribution is -0.226. The Labute approximate surface area is 79.8 Å². The highest BCUT2D eigenvalue weighted by molar-refractivity contribution is 4.89. The van der Waals surface area contributed by atoms with Gasteiger partial charge in [-0.25, -0.2) is 0 Å². The van der Waals surface area contributed by atoms with Crippen LogP contribution in [0.15, 0.2) is 0 Å². The van der Waals surface area contributed by atoms with E-state index in [2.05, 4.69) is 19.2 Å². The van der Waals surface area contributed by atoms with Crippen molar-refractivity contribution in [2.75, 3.05) is 19.8 Å². The molecule has 76 valence electrons. The van der Waals surface area contributed by atoms with Crippen LogP contribution in [-0.4, -0.2) is 31.1 Å². The Bertz CT molecular complexity index is 180. The van der Waals surface area contributed by atoms with Crippen LogP contribution in [0.2, 0.25) is 0 Å². The Morgan fingerprint density at radius 2 is 2.08 bits per heavy atom. The topological polar surface area (TPSA) is 30.5 Å². The molecule has 0 aromatic heterocycles. The van der Waals surface area contributed by atoms with Gasteiger partial charge < -0.3 is 9.47 Å². The van der Waals surface area contributed by atoms with Gasteiger partial charge in [-0.15, -0.1) is 0 Å². The molecule has 0 aromatic rings. The van der Waals surface area contributed by atoms with Gasteiger partial charge in [0.1, 0.15) is 5.72 Å². The third kappa shape index (κ3) is 2.03. The van der Waals surface area contributed by atoms with E-state index in [0.29, 0.717) is 6.61 Å². The molecule has 0 saturated carbocycles. The molecule has 2 rings (SSSR count). The molecule has 1 atom stereocenters. The SMILES string of the molecule is CC1(C)CCNC2(CCCOC2)O1. The lowest BCUT2D eigenvalue weighted by Crippen LogP contribution is -2.61. The van der Waals surface area contributed by atoms with Crippen LogP contribution in [0.5, 0.6) is 0 Å². The molecule has 2 aliphatic heterocycles. The second kappa shape index (κ2) is 3.23. The van der Waals surface area contributed by atoms with E-state index in [1.165, 1.54) is 0 Å². The van der Waals surface area contributed by atoms with Gasteiger partial charge in [-0.2, -0.15) is 0 Å². The first-order chi connectivity index (χ1) is 6.12. The largest absolute Gasteiger partial charge is 0.377 e. The molecule has 2 heterocycles. The fraction of sp³-hybridized carbons (Fsp3) is 1.00. The van der Waals surface area contributed by atoms with Crippen LogP contribution in [0.25, 0.3) is 0 Å². The van der Waals surface area contributed by atoms with Crippen molar-refractivity contribution in [3.8, 4) is 0 Å². The van der Waals surface area contributed by atoms with Gasteiger partial charge >= 0.3 is 0 Å². The van der Waals surface area contributed by atoms with E-state index < -0.39 is 0 Å². The van der Waals surface area contributed by atoms with E-state index in [-0.39, 0.29) is 11.3 Å². The third-order valence-electron chi connectivity index (χ3n) is 2.85. The molecule has 0 aliphatic carbocycles. The van der Waals surface area contributed by atoms with Gasteiger partial charge in [0.2, 0.25) is 0 Å². The van der Waals surface area contributed by atoms with Crippen molar-refractivity contribution in [2.24, 2.45) is 0 Å². The second-order valence-corrected chi connectivity index (χ2v) is 4.69. The molecular weight excluding hydrogens is 166 g/mol. The van der Waals surface area contributed by atoms with Gasteiger partial charge in [-0.05, 0) is 33.1 Å². The normalized spacial score (nSPS) is 39.2. The van der Waals surface area contributed by atoms with Crippen molar-refractivity contribution >= 4 is 0 Å². The zero-order valence-electron chi connectivity index (χ0n) is 8.56. The molecule has 0 aromatic carbocycles. The maximum Gasteiger partial charge on any atom is 0.143 e. The molecule has 3 nitrogen and oxygen atoms in total. The van der Waals surface area contributed by atoms with Crippen molar-refractivity contribution in [3.63, 3.8) is 0 Å². The summed E-state index contributed by atoms with van der Waals surface area (Å²) in [4.78, 5) is 0. The average Bonchev–Trinajstić information content (AvgIpc) is 2.03. The predicted molar refractivity (Wildman–Crippen MR) is 50.6 cm³/mol. The standard InChI is InChI=1S/C10H19NO2/c1-9(2)5-6-11-10(13-9)4-3-7-12-8-10/h11H,3-8H2,1-2H3. The molecule has 2 saturated heterocycles. The lowest BCUT2D eigenvalue weighted by atomic mass is 9.96. The fourth-order valence-electron chi connectivity index (χ4n) is 2.20. The number of rotatable bonds is 0. The molecular formula is C10H19NO2. The third-order valence-corrected chi connectivity index (χ3v) is 2.85. The Morgan fingerprint density at radius 3 is 2.69 bits per heavy atom. The van der Waals surface area contributed by atoms with Crippen molar-refractivity contribution in [1.82, 2.24) is 5.32 Å². The molecule has 2 aliphatic rings. The number of nitrogens with one attached hydrogen (secondary N) is 1. The summed E-state index contributed by atoms with van der Waals surface area (Å²) in [5, 5.41) is 3.44. The zero-order valence-corrected chi connectivity index (χ0v) is 8.56. The van der Waals surface area contributed by atoms with Gasteiger partial charge in [0.05, 0.1) is 12.2 Å². The predicted octanol–water partition coefficient (Wildman–Crippen LogP) is 1.28. The number of ether oxygens (including phenoxy) is 2. The highest BCUT2D eigenvalue weighted by Crippen LogP contribution is 2.31. The van der Waals surface area contributed by atoms with Gasteiger partial charge in [0, 0.05) is 13.2 Å². The van der Waals surface area contributed by atoms with Gasteiger partial charge in [0.15, 0.2) is 0 Å². The maximum absolute atomic E-state index is 6.07. The summed E-state index contributed by atoms with van der Waals surface area (Å²) in [5.41, 5.74) is -0.175. The van der Waals surface area contributed by atoms with E-state index in [0.717, 1.165) is 32.4 Å². The Morgan fingerprint density at radius 1 is 1.23 bits per heavy atom. The quantitative estimate of drug-likeness (QED) is 0.616. The van der Waals surface area contributed by atoms with Crippen molar-refractivity contribution < 1.29 is 9.47 Å². The van der Waals surface area contributed by atoms with Crippen LogP contribution in [-0.2, 0) is 9.47 Å². The lowest BCUT2D eigenvalue weighted by Gasteiger charge is -2.47. The minimum absolute atomic E-state index is 0.00590. The molecule has 1 spiro atoms. The monoisotopic (exact) mass is 185 g/mol. The van der Waals surface area contributed by atoms with Crippen LogP contribution in [0, 0.1) is 0 Å². The van der Waals surface area contributed by atoms with Crippen LogP contribution < -0.4 is 5.32 Å². The number of hydrogen-bond donors (Lipinski definition) is 1. The smallest absolute Gasteiger partial charge is 0.143 e. The zero-order chi connectivity index (χ0) is 9.36. The minimum Gasteiger partial charge on any atom is -0.377 e. The van der Waals surface area contributed by atoms with E-state index in [1.54, 1.807) is 0 Å². The second-order valence-electron chi connectivity index (χ2n) is 4.69. The van der Waals surface area contributed by atoms with Gasteiger partial charge in [-0.3, -0.25) is 5.32 Å². The summed E-state index contributed by atoms with van der Waals surface area (Å²) in [6, 6.07) is 0. The fourth-order valence-corrected chi connectivity index (χ4v) is 2.20. The van der Waals surface area contributed by atoms with E-state index in [4.69, 9.17) is 9.47 Å². The highest BCUT2D eigenvalue weighted by Gasteiger charge is 2.41. The van der Waals surface area contributed by atoms with Gasteiger partial charge in [0.25, 0.3) is 0 Å². The van der Waals surface area contributed by atoms with Crippen LogP contribution >= 0.6 is 0 Å². The average molecular weight is 185 g/mol. The van der Waals surface area contributed by atoms with Crippen molar-refractivity contribution in [1.29, 1.82) is 0 Å². The summed E-state index contributed by atoms with van der Waals surface area (Å²) in [7, 11) is 0. The van der Waals surface area contributed by atoms with Crippen molar-refractivity contribution in [3.05, 3.63) is 0 Å². The van der Waals surface area contributed by atoms with Gasteiger partial charge in [-0.1, -0.05) is 0 Å². The summed E-state index contributed by atoms with van der Waals surface area (Å²) < 4.78 is 11.5. The van der Waals surface area contributed by atoms with Crippen LogP contribution in [0.1, 0.15) is 33.1 Å². The summed E-state index contributed by atoms with van der Waals surface area (Å²) >= 11 is 0. The van der Waals surface area contributed by atoms with Crippen molar-refractivity contribution in [2.45, 2.75) is 44.4 Å². The molecule has 13 heavy (non-hydrogen) atoms. The highest BCUT2D eigenvalue weighted by atomic mass is 16.6. The van der Waals surface area contributed by atoms with E-state index in [1.807, 2.05) is 0 Å². The van der Waals surface area contributed by atoms with E-state index in [9.17, 15) is 0 Å². The molecule has 0 amide bonds. The van der Waals surface area contributed by atoms with E-state index >= 15 is 0 Å². The molecule has 1 unspecified atom stereocenters. The summed E-state index contributed by atoms with van der Waals surface area (Å²) in [6.45, 7) is 6.94. The molecule has 0 bridgehead atoms. The summed E-state index contributed by atoms with van der Waals surface area (Å²) in [5.74, 6) is 0. The summed E-state index contributed by atoms with van der Waals surface area (Å²) in [6.07, 6.45) is 3.26. The Balaban J connectivity index is 2.04. The molecule has 0 radical (unpaired) electrons. The molecule has 3 heteroatoms. The number of hydrogen-bond acceptors (Lipinski definition) is 3. The molecule has 2 fully saturated rings. The first kappa shape index (κ1) is 9.44. The first-order valence-corrected chi connectivity index (χ1v) is 5.15. The van der Waals surface area contributed by atoms with Crippen LogP contribution in [0.3, 0.4) is 0 Å².